The molecule has 2 heterocycles. The number of nitrogens with one attached hydrogen (secondary N) is 1. The zero-order chi connectivity index (χ0) is 18.2. The fourth-order valence-electron chi connectivity index (χ4n) is 2.51. The predicted octanol–water partition coefficient (Wildman–Crippen LogP) is 2.34. The van der Waals surface area contributed by atoms with Crippen molar-refractivity contribution in [2.24, 2.45) is 0 Å². The smallest absolute Gasteiger partial charge is 0.399 e. The minimum atomic E-state index is -0.474. The van der Waals surface area contributed by atoms with Gasteiger partial charge in [0.05, 0.1) is 11.2 Å². The van der Waals surface area contributed by atoms with Gasteiger partial charge in [0.2, 0.25) is 0 Å². The molecular weight excluding hydrogens is 317 g/mol. The van der Waals surface area contributed by atoms with Crippen LogP contribution in [-0.4, -0.2) is 34.4 Å². The van der Waals surface area contributed by atoms with Crippen LogP contribution in [-0.2, 0) is 9.31 Å². The summed E-state index contributed by atoms with van der Waals surface area (Å²) in [5.41, 5.74) is 1.94. The molecule has 3 rings (SSSR count). The molecule has 1 aliphatic rings. The third kappa shape index (κ3) is 3.43. The highest BCUT2D eigenvalue weighted by molar-refractivity contribution is 6.62. The van der Waals surface area contributed by atoms with Crippen molar-refractivity contribution in [1.82, 2.24) is 10.2 Å². The Kier molecular flexibility index (Phi) is 4.39. The number of carbonyl (C=O) groups excluding carboxylic acids is 1. The molecule has 1 amide bonds. The number of nitrogens with zero attached hydrogens (tertiary/aromatic N) is 2. The van der Waals surface area contributed by atoms with Crippen molar-refractivity contribution in [2.45, 2.75) is 45.8 Å². The molecule has 2 aromatic rings. The summed E-state index contributed by atoms with van der Waals surface area (Å²) < 4.78 is 12.2. The van der Waals surface area contributed by atoms with E-state index < -0.39 is 18.3 Å². The van der Waals surface area contributed by atoms with Crippen LogP contribution >= 0.6 is 0 Å². The lowest BCUT2D eigenvalue weighted by Crippen LogP contribution is -2.41. The zero-order valence-electron chi connectivity index (χ0n) is 15.2. The van der Waals surface area contributed by atoms with Crippen molar-refractivity contribution < 1.29 is 14.1 Å². The molecule has 0 bridgehead atoms. The number of rotatable bonds is 3. The van der Waals surface area contributed by atoms with Crippen molar-refractivity contribution in [1.29, 1.82) is 0 Å². The average molecular weight is 339 g/mol. The highest BCUT2D eigenvalue weighted by Crippen LogP contribution is 2.36. The molecule has 0 radical (unpaired) electrons. The topological polar surface area (TPSA) is 73.3 Å². The van der Waals surface area contributed by atoms with E-state index in [1.165, 1.54) is 6.20 Å². The SMILES string of the molecule is Cc1ccc(B2OC(C)(C)C(C)(C)O2)cc1NC(=O)c1cccnn1. The quantitative estimate of drug-likeness (QED) is 0.869. The Bertz CT molecular complexity index is 777. The normalized spacial score (nSPS) is 18.2. The standard InChI is InChI=1S/C18H22BN3O3/c1-12-8-9-13(19-24-17(2,3)18(4,5)25-19)11-15(12)21-16(23)14-7-6-10-20-22-14/h6-11H,1-5H3,(H,21,23). The summed E-state index contributed by atoms with van der Waals surface area (Å²) in [5, 5.41) is 10.4. The second-order valence-corrected chi connectivity index (χ2v) is 7.23. The van der Waals surface area contributed by atoms with Crippen molar-refractivity contribution in [3.8, 4) is 0 Å². The Morgan fingerprint density at radius 1 is 1.12 bits per heavy atom. The van der Waals surface area contributed by atoms with Gasteiger partial charge < -0.3 is 14.6 Å². The van der Waals surface area contributed by atoms with E-state index in [1.807, 2.05) is 52.8 Å². The van der Waals surface area contributed by atoms with Gasteiger partial charge in [-0.3, -0.25) is 4.79 Å². The van der Waals surface area contributed by atoms with Gasteiger partial charge in [0.25, 0.3) is 5.91 Å². The van der Waals surface area contributed by atoms with Gasteiger partial charge in [0.15, 0.2) is 5.69 Å². The molecule has 1 fully saturated rings. The molecule has 7 heteroatoms. The lowest BCUT2D eigenvalue weighted by molar-refractivity contribution is 0.00578. The average Bonchev–Trinajstić information content (AvgIpc) is 2.78. The Labute approximate surface area is 148 Å². The molecule has 0 spiro atoms. The van der Waals surface area contributed by atoms with Crippen LogP contribution in [0, 0.1) is 6.92 Å². The Morgan fingerprint density at radius 3 is 2.40 bits per heavy atom. The molecule has 1 saturated heterocycles. The fourth-order valence-corrected chi connectivity index (χ4v) is 2.51. The molecule has 130 valence electrons. The van der Waals surface area contributed by atoms with E-state index in [-0.39, 0.29) is 11.6 Å². The second kappa shape index (κ2) is 6.24. The summed E-state index contributed by atoms with van der Waals surface area (Å²) in [6.45, 7) is 9.98. The highest BCUT2D eigenvalue weighted by atomic mass is 16.7. The largest absolute Gasteiger partial charge is 0.494 e. The lowest BCUT2D eigenvalue weighted by atomic mass is 9.78. The van der Waals surface area contributed by atoms with Gasteiger partial charge in [0, 0.05) is 11.9 Å². The number of hydrogen-bond acceptors (Lipinski definition) is 5. The summed E-state index contributed by atoms with van der Waals surface area (Å²) in [5.74, 6) is -0.303. The number of hydrogen-bond donors (Lipinski definition) is 1. The van der Waals surface area contributed by atoms with Gasteiger partial charge in [-0.05, 0) is 63.8 Å². The first-order valence-electron chi connectivity index (χ1n) is 8.25. The highest BCUT2D eigenvalue weighted by Gasteiger charge is 2.51. The number of amides is 1. The molecule has 25 heavy (non-hydrogen) atoms. The molecule has 0 saturated carbocycles. The third-order valence-corrected chi connectivity index (χ3v) is 4.84. The van der Waals surface area contributed by atoms with Crippen molar-refractivity contribution >= 4 is 24.2 Å². The third-order valence-electron chi connectivity index (χ3n) is 4.84. The first-order chi connectivity index (χ1) is 11.7. The van der Waals surface area contributed by atoms with Gasteiger partial charge in [-0.25, -0.2) is 0 Å². The van der Waals surface area contributed by atoms with E-state index in [4.69, 9.17) is 9.31 Å². The molecule has 6 nitrogen and oxygen atoms in total. The van der Waals surface area contributed by atoms with Crippen LogP contribution in [0.3, 0.4) is 0 Å². The summed E-state index contributed by atoms with van der Waals surface area (Å²) in [7, 11) is -0.474. The number of aromatic nitrogens is 2. The molecule has 1 aromatic carbocycles. The summed E-state index contributed by atoms with van der Waals surface area (Å²) >= 11 is 0. The first-order valence-corrected chi connectivity index (χ1v) is 8.25. The molecule has 0 unspecified atom stereocenters. The van der Waals surface area contributed by atoms with Crippen LogP contribution in [0.25, 0.3) is 0 Å². The monoisotopic (exact) mass is 339 g/mol. The number of benzene rings is 1. The maximum atomic E-state index is 12.3. The van der Waals surface area contributed by atoms with E-state index in [2.05, 4.69) is 15.5 Å². The Hall–Kier alpha value is -2.25. The Morgan fingerprint density at radius 2 is 1.80 bits per heavy atom. The Balaban J connectivity index is 1.83. The summed E-state index contributed by atoms with van der Waals surface area (Å²) in [6, 6.07) is 9.07. The van der Waals surface area contributed by atoms with Gasteiger partial charge in [-0.15, -0.1) is 5.10 Å². The maximum absolute atomic E-state index is 12.3. The van der Waals surface area contributed by atoms with E-state index in [0.29, 0.717) is 5.69 Å². The maximum Gasteiger partial charge on any atom is 0.494 e. The first kappa shape index (κ1) is 17.6. The van der Waals surface area contributed by atoms with Crippen LogP contribution in [0.2, 0.25) is 0 Å². The van der Waals surface area contributed by atoms with Crippen molar-refractivity contribution in [2.75, 3.05) is 5.32 Å². The van der Waals surface area contributed by atoms with Crippen LogP contribution in [0.1, 0.15) is 43.7 Å². The molecular formula is C18H22BN3O3. The predicted molar refractivity (Wildman–Crippen MR) is 96.9 cm³/mol. The van der Waals surface area contributed by atoms with Crippen LogP contribution < -0.4 is 10.8 Å². The van der Waals surface area contributed by atoms with Crippen LogP contribution in [0.15, 0.2) is 36.5 Å². The van der Waals surface area contributed by atoms with E-state index in [9.17, 15) is 4.79 Å². The molecule has 0 atom stereocenters. The number of anilines is 1. The van der Waals surface area contributed by atoms with Crippen molar-refractivity contribution in [3.63, 3.8) is 0 Å². The minimum absolute atomic E-state index is 0.267. The summed E-state index contributed by atoms with van der Waals surface area (Å²) in [4.78, 5) is 12.3. The minimum Gasteiger partial charge on any atom is -0.399 e. The van der Waals surface area contributed by atoms with Gasteiger partial charge in [-0.1, -0.05) is 12.1 Å². The van der Waals surface area contributed by atoms with E-state index >= 15 is 0 Å². The summed E-state index contributed by atoms with van der Waals surface area (Å²) in [6.07, 6.45) is 1.53. The second-order valence-electron chi connectivity index (χ2n) is 7.23. The fraction of sp³-hybridized carbons (Fsp3) is 0.389. The molecule has 0 aliphatic carbocycles. The van der Waals surface area contributed by atoms with Crippen LogP contribution in [0.4, 0.5) is 5.69 Å². The lowest BCUT2D eigenvalue weighted by Gasteiger charge is -2.32. The van der Waals surface area contributed by atoms with Gasteiger partial charge in [-0.2, -0.15) is 5.10 Å². The van der Waals surface area contributed by atoms with Crippen LogP contribution in [0.5, 0.6) is 0 Å². The zero-order valence-corrected chi connectivity index (χ0v) is 15.2. The number of carbonyl (C=O) groups is 1. The van der Waals surface area contributed by atoms with E-state index in [1.54, 1.807) is 12.1 Å². The number of aryl methyl sites for hydroxylation is 1. The van der Waals surface area contributed by atoms with Crippen molar-refractivity contribution in [3.05, 3.63) is 47.8 Å². The van der Waals surface area contributed by atoms with Gasteiger partial charge >= 0.3 is 7.12 Å². The van der Waals surface area contributed by atoms with E-state index in [0.717, 1.165) is 11.0 Å². The molecule has 1 N–H and O–H groups in total. The molecule has 1 aromatic heterocycles. The molecule has 1 aliphatic heterocycles. The van der Waals surface area contributed by atoms with Gasteiger partial charge in [0.1, 0.15) is 0 Å².